The molecule has 0 bridgehead atoms. The molecule has 4 aromatic heterocycles. The number of ether oxygens (including phenoxy) is 1. The van der Waals surface area contributed by atoms with Crippen molar-refractivity contribution in [2.24, 2.45) is 0 Å². The summed E-state index contributed by atoms with van der Waals surface area (Å²) >= 11 is 1.16. The number of aromatic nitrogens is 6. The Bertz CT molecular complexity index is 2610. The molecule has 0 radical (unpaired) electrons. The molecule has 1 saturated carbocycles. The molecule has 1 aliphatic carbocycles. The van der Waals surface area contributed by atoms with E-state index >= 15 is 8.78 Å². The monoisotopic (exact) mass is 812 g/mol. The fraction of sp³-hybridized carbons (Fsp3) is 0.432. The second-order valence-electron chi connectivity index (χ2n) is 14.9. The van der Waals surface area contributed by atoms with Gasteiger partial charge in [-0.2, -0.15) is 9.61 Å². The van der Waals surface area contributed by atoms with Gasteiger partial charge in [-0.05, 0) is 52.1 Å². The number of nitrogens with zero attached hydrogens (tertiary/aromatic N) is 10. The zero-order valence-electron chi connectivity index (χ0n) is 30.5. The number of hydrogen-bond acceptors (Lipinski definition) is 11. The third-order valence-corrected chi connectivity index (χ3v) is 12.2. The van der Waals surface area contributed by atoms with Crippen molar-refractivity contribution in [1.29, 1.82) is 0 Å². The summed E-state index contributed by atoms with van der Waals surface area (Å²) < 4.78 is 43.4. The number of likely N-dealkylation sites (N-methyl/N-ethyl adjacent to an activating group) is 2. The number of benzene rings is 2. The summed E-state index contributed by atoms with van der Waals surface area (Å²) in [6.45, 7) is 8.28. The van der Waals surface area contributed by atoms with Crippen molar-refractivity contribution in [2.75, 3.05) is 82.9 Å². The first-order valence-electron chi connectivity index (χ1n) is 18.2. The van der Waals surface area contributed by atoms with Gasteiger partial charge in [-0.25, -0.2) is 8.78 Å². The lowest BCUT2D eigenvalue weighted by Crippen LogP contribution is -2.45. The van der Waals surface area contributed by atoms with Gasteiger partial charge in [-0.15, -0.1) is 35.0 Å². The Morgan fingerprint density at radius 2 is 1.42 bits per heavy atom. The smallest absolute Gasteiger partial charge is 0.235 e. The van der Waals surface area contributed by atoms with E-state index in [1.807, 2.05) is 34.4 Å². The molecule has 4 aliphatic rings. The summed E-state index contributed by atoms with van der Waals surface area (Å²) in [5.41, 5.74) is 1.95. The lowest BCUT2D eigenvalue weighted by Gasteiger charge is -2.37. The molecule has 6 aromatic rings. The second-order valence-corrected chi connectivity index (χ2v) is 15.9. The summed E-state index contributed by atoms with van der Waals surface area (Å²) in [7, 11) is 4.10. The highest BCUT2D eigenvalue weighted by molar-refractivity contribution is 7.19. The fourth-order valence-corrected chi connectivity index (χ4v) is 8.89. The Hall–Kier alpha value is -4.35. The third kappa shape index (κ3) is 6.04. The quantitative estimate of drug-likeness (QED) is 0.235. The van der Waals surface area contributed by atoms with E-state index in [1.54, 1.807) is 12.4 Å². The van der Waals surface area contributed by atoms with Crippen molar-refractivity contribution in [1.82, 2.24) is 38.7 Å². The van der Waals surface area contributed by atoms with Crippen molar-refractivity contribution < 1.29 is 13.5 Å². The largest absolute Gasteiger partial charge is 0.487 e. The standard InChI is InChI=1S/C37H38F2N10O3S.2ClH/c1-20-19-52-34-30-23(15-27(39)31(34)46-12-8-44(3)9-13-46)33(51)25(18-47(20)30)36-42-49-35(40-41-37(49)53-36)24-17-48(21-4-5-21)28-16-29(26(38)14-22(28)32(24)50)45-10-6-43(2)7-11-45;;/h14-18,20-21H,4-13,19H2,1-3H3;2*1H. The molecule has 290 valence electrons. The Kier molecular flexibility index (Phi) is 9.56. The predicted octanol–water partition coefficient (Wildman–Crippen LogP) is 5.06. The van der Waals surface area contributed by atoms with E-state index in [0.29, 0.717) is 70.9 Å². The maximum absolute atomic E-state index is 16.0. The van der Waals surface area contributed by atoms with E-state index in [2.05, 4.69) is 31.6 Å². The van der Waals surface area contributed by atoms with E-state index in [9.17, 15) is 9.59 Å². The average molecular weight is 814 g/mol. The van der Waals surface area contributed by atoms with Gasteiger partial charge in [0.05, 0.1) is 39.3 Å². The fourth-order valence-electron chi connectivity index (χ4n) is 8.04. The molecule has 55 heavy (non-hydrogen) atoms. The molecule has 0 amide bonds. The molecule has 7 heterocycles. The number of rotatable bonds is 5. The Balaban J connectivity index is 0.00000214. The third-order valence-electron chi connectivity index (χ3n) is 11.3. The molecule has 1 atom stereocenters. The second kappa shape index (κ2) is 14.0. The normalized spacial score (nSPS) is 19.2. The van der Waals surface area contributed by atoms with Gasteiger partial charge in [-0.3, -0.25) is 9.59 Å². The Morgan fingerprint density at radius 1 is 0.782 bits per heavy atom. The maximum atomic E-state index is 16.0. The van der Waals surface area contributed by atoms with Gasteiger partial charge in [-0.1, -0.05) is 11.3 Å². The summed E-state index contributed by atoms with van der Waals surface area (Å²) in [5.74, 6) is -0.330. The van der Waals surface area contributed by atoms with Crippen LogP contribution in [0.5, 0.6) is 5.75 Å². The number of fused-ring (bicyclic) bond motifs is 2. The van der Waals surface area contributed by atoms with Crippen molar-refractivity contribution in [3.63, 3.8) is 0 Å². The van der Waals surface area contributed by atoms with Crippen LogP contribution in [0.2, 0.25) is 0 Å². The molecule has 13 nitrogen and oxygen atoms in total. The van der Waals surface area contributed by atoms with Crippen LogP contribution in [0.15, 0.2) is 40.2 Å². The van der Waals surface area contributed by atoms with Crippen molar-refractivity contribution in [3.8, 4) is 27.7 Å². The first-order valence-corrected chi connectivity index (χ1v) is 19.0. The summed E-state index contributed by atoms with van der Waals surface area (Å²) in [4.78, 5) is 37.2. The number of hydrogen-bond donors (Lipinski definition) is 0. The molecule has 2 aromatic carbocycles. The highest BCUT2D eigenvalue weighted by Gasteiger charge is 2.32. The summed E-state index contributed by atoms with van der Waals surface area (Å²) in [6.07, 6.45) is 5.47. The molecule has 3 aliphatic heterocycles. The molecular weight excluding hydrogens is 773 g/mol. The first kappa shape index (κ1) is 37.6. The van der Waals surface area contributed by atoms with Crippen LogP contribution in [0.25, 0.3) is 48.7 Å². The van der Waals surface area contributed by atoms with Crippen LogP contribution in [0.1, 0.15) is 31.8 Å². The van der Waals surface area contributed by atoms with Crippen LogP contribution in [-0.2, 0) is 0 Å². The zero-order chi connectivity index (χ0) is 36.3. The van der Waals surface area contributed by atoms with Gasteiger partial charge in [0.2, 0.25) is 10.4 Å². The molecule has 0 spiro atoms. The number of anilines is 2. The van der Waals surface area contributed by atoms with Crippen molar-refractivity contribution >= 4 is 74.3 Å². The molecule has 1 unspecified atom stereocenters. The number of halogens is 4. The number of pyridine rings is 2. The van der Waals surface area contributed by atoms with E-state index < -0.39 is 11.6 Å². The Morgan fingerprint density at radius 3 is 2.11 bits per heavy atom. The summed E-state index contributed by atoms with van der Waals surface area (Å²) in [5, 5.41) is 14.3. The van der Waals surface area contributed by atoms with Crippen LogP contribution in [0.3, 0.4) is 0 Å². The topological polar surface area (TPSA) is 109 Å². The van der Waals surface area contributed by atoms with Crippen LogP contribution in [-0.4, -0.2) is 112 Å². The van der Waals surface area contributed by atoms with Crippen LogP contribution < -0.4 is 25.4 Å². The first-order chi connectivity index (χ1) is 25.6. The summed E-state index contributed by atoms with van der Waals surface area (Å²) in [6, 6.07) is 4.54. The zero-order valence-corrected chi connectivity index (χ0v) is 32.9. The van der Waals surface area contributed by atoms with Gasteiger partial charge in [0, 0.05) is 76.2 Å². The van der Waals surface area contributed by atoms with Crippen molar-refractivity contribution in [2.45, 2.75) is 31.8 Å². The predicted molar refractivity (Wildman–Crippen MR) is 215 cm³/mol. The van der Waals surface area contributed by atoms with Crippen LogP contribution in [0, 0.1) is 11.6 Å². The lowest BCUT2D eigenvalue weighted by molar-refractivity contribution is 0.245. The van der Waals surface area contributed by atoms with E-state index in [0.717, 1.165) is 50.4 Å². The van der Waals surface area contributed by atoms with Gasteiger partial charge in [0.1, 0.15) is 18.1 Å². The number of piperazine rings is 2. The van der Waals surface area contributed by atoms with Gasteiger partial charge in [0.25, 0.3) is 0 Å². The minimum absolute atomic E-state index is 0. The molecule has 3 fully saturated rings. The molecule has 2 saturated heterocycles. The highest BCUT2D eigenvalue weighted by atomic mass is 35.5. The van der Waals surface area contributed by atoms with E-state index in [1.165, 1.54) is 16.6 Å². The molecule has 10 rings (SSSR count). The molecule has 0 N–H and O–H groups in total. The Labute approximate surface area is 330 Å². The molecular formula is C37H40Cl2F2N10O3S. The SMILES string of the molecule is CC1COc2c(N3CCN(C)CC3)c(F)cc3c(=O)c(-c4nn5c(-c6cn(C7CC7)c7cc(N8CCN(C)CC8)c(F)cc7c6=O)nnc5s4)cn1c23.Cl.Cl. The van der Waals surface area contributed by atoms with Crippen molar-refractivity contribution in [3.05, 3.63) is 62.7 Å². The van der Waals surface area contributed by atoms with Gasteiger partial charge in [0.15, 0.2) is 27.8 Å². The molecule has 18 heteroatoms. The van der Waals surface area contributed by atoms with Crippen LogP contribution in [0.4, 0.5) is 20.2 Å². The maximum Gasteiger partial charge on any atom is 0.235 e. The minimum Gasteiger partial charge on any atom is -0.487 e. The minimum atomic E-state index is -0.497. The van der Waals surface area contributed by atoms with E-state index in [-0.39, 0.29) is 75.5 Å². The van der Waals surface area contributed by atoms with Gasteiger partial charge >= 0.3 is 0 Å². The average Bonchev–Trinajstić information content (AvgIpc) is 3.79. The highest BCUT2D eigenvalue weighted by Crippen LogP contribution is 2.43. The lowest BCUT2D eigenvalue weighted by atomic mass is 10.1. The van der Waals surface area contributed by atoms with Crippen LogP contribution >= 0.6 is 36.2 Å². The van der Waals surface area contributed by atoms with E-state index in [4.69, 9.17) is 9.84 Å². The van der Waals surface area contributed by atoms with Gasteiger partial charge < -0.3 is 33.5 Å².